The standard InChI is InChI=1S/C14H20O/c1-12-6-5-9-14(10-12)15-11-13-7-3-2-4-8-13/h2-4,7-8,12,14H,5-6,9-11H2,1H3. The van der Waals surface area contributed by atoms with E-state index in [1.165, 1.54) is 31.2 Å². The van der Waals surface area contributed by atoms with Gasteiger partial charge in [-0.15, -0.1) is 0 Å². The zero-order chi connectivity index (χ0) is 10.5. The maximum absolute atomic E-state index is 5.94. The van der Waals surface area contributed by atoms with Gasteiger partial charge in [-0.1, -0.05) is 50.1 Å². The Morgan fingerprint density at radius 3 is 2.73 bits per heavy atom. The molecular weight excluding hydrogens is 184 g/mol. The molecule has 0 heterocycles. The van der Waals surface area contributed by atoms with E-state index in [4.69, 9.17) is 4.74 Å². The zero-order valence-corrected chi connectivity index (χ0v) is 9.49. The van der Waals surface area contributed by atoms with Crippen LogP contribution in [0.25, 0.3) is 0 Å². The van der Waals surface area contributed by atoms with Crippen molar-refractivity contribution in [3.8, 4) is 0 Å². The van der Waals surface area contributed by atoms with Gasteiger partial charge in [-0.3, -0.25) is 0 Å². The number of hydrogen-bond acceptors (Lipinski definition) is 1. The van der Waals surface area contributed by atoms with Crippen molar-refractivity contribution >= 4 is 0 Å². The van der Waals surface area contributed by atoms with Gasteiger partial charge >= 0.3 is 0 Å². The van der Waals surface area contributed by atoms with Gasteiger partial charge in [0, 0.05) is 0 Å². The Morgan fingerprint density at radius 1 is 1.20 bits per heavy atom. The van der Waals surface area contributed by atoms with Crippen LogP contribution in [0.4, 0.5) is 0 Å². The van der Waals surface area contributed by atoms with E-state index in [0.29, 0.717) is 6.10 Å². The molecular formula is C14H20O. The van der Waals surface area contributed by atoms with Gasteiger partial charge in [-0.2, -0.15) is 0 Å². The average Bonchev–Trinajstić information content (AvgIpc) is 2.28. The van der Waals surface area contributed by atoms with E-state index < -0.39 is 0 Å². The molecule has 1 saturated carbocycles. The van der Waals surface area contributed by atoms with Crippen LogP contribution >= 0.6 is 0 Å². The fourth-order valence-electron chi connectivity index (χ4n) is 2.32. The van der Waals surface area contributed by atoms with Crippen LogP contribution in [-0.2, 0) is 11.3 Å². The Kier molecular flexibility index (Phi) is 3.79. The van der Waals surface area contributed by atoms with Gasteiger partial charge in [0.1, 0.15) is 0 Å². The number of benzene rings is 1. The molecule has 0 aromatic heterocycles. The third kappa shape index (κ3) is 3.35. The molecule has 1 aromatic carbocycles. The normalized spacial score (nSPS) is 26.5. The van der Waals surface area contributed by atoms with Crippen molar-refractivity contribution in [3.63, 3.8) is 0 Å². The molecule has 2 atom stereocenters. The summed E-state index contributed by atoms with van der Waals surface area (Å²) < 4.78 is 5.94. The van der Waals surface area contributed by atoms with Crippen molar-refractivity contribution in [3.05, 3.63) is 35.9 Å². The minimum absolute atomic E-state index is 0.494. The Labute approximate surface area is 92.5 Å². The summed E-state index contributed by atoms with van der Waals surface area (Å²) in [4.78, 5) is 0. The summed E-state index contributed by atoms with van der Waals surface area (Å²) in [6, 6.07) is 10.5. The van der Waals surface area contributed by atoms with E-state index in [0.717, 1.165) is 12.5 Å². The zero-order valence-electron chi connectivity index (χ0n) is 9.49. The van der Waals surface area contributed by atoms with Crippen LogP contribution in [0.2, 0.25) is 0 Å². The topological polar surface area (TPSA) is 9.23 Å². The first-order valence-electron chi connectivity index (χ1n) is 6.00. The highest BCUT2D eigenvalue weighted by Gasteiger charge is 2.18. The minimum atomic E-state index is 0.494. The fourth-order valence-corrected chi connectivity index (χ4v) is 2.32. The largest absolute Gasteiger partial charge is 0.374 e. The van der Waals surface area contributed by atoms with E-state index >= 15 is 0 Å². The summed E-state index contributed by atoms with van der Waals surface area (Å²) in [6.45, 7) is 3.11. The maximum atomic E-state index is 5.94. The Morgan fingerprint density at radius 2 is 2.00 bits per heavy atom. The molecule has 1 aliphatic carbocycles. The molecule has 2 rings (SSSR count). The minimum Gasteiger partial charge on any atom is -0.374 e. The van der Waals surface area contributed by atoms with E-state index in [-0.39, 0.29) is 0 Å². The number of hydrogen-bond donors (Lipinski definition) is 0. The molecule has 0 bridgehead atoms. The van der Waals surface area contributed by atoms with Crippen LogP contribution in [0.5, 0.6) is 0 Å². The van der Waals surface area contributed by atoms with Crippen LogP contribution in [0.3, 0.4) is 0 Å². The van der Waals surface area contributed by atoms with Crippen molar-refractivity contribution < 1.29 is 4.74 Å². The van der Waals surface area contributed by atoms with Crippen LogP contribution in [0.15, 0.2) is 30.3 Å². The van der Waals surface area contributed by atoms with E-state index in [1.54, 1.807) is 0 Å². The average molecular weight is 204 g/mol. The molecule has 82 valence electrons. The van der Waals surface area contributed by atoms with Gasteiger partial charge in [0.15, 0.2) is 0 Å². The lowest BCUT2D eigenvalue weighted by Crippen LogP contribution is -2.21. The van der Waals surface area contributed by atoms with Crippen LogP contribution < -0.4 is 0 Å². The monoisotopic (exact) mass is 204 g/mol. The molecule has 0 amide bonds. The molecule has 1 aromatic rings. The second kappa shape index (κ2) is 5.32. The molecule has 0 spiro atoms. The third-order valence-corrected chi connectivity index (χ3v) is 3.22. The highest BCUT2D eigenvalue weighted by atomic mass is 16.5. The first kappa shape index (κ1) is 10.7. The van der Waals surface area contributed by atoms with Crippen LogP contribution in [0.1, 0.15) is 38.2 Å². The molecule has 0 saturated heterocycles. The van der Waals surface area contributed by atoms with Gasteiger partial charge in [-0.25, -0.2) is 0 Å². The van der Waals surface area contributed by atoms with Crippen molar-refractivity contribution in [2.45, 2.75) is 45.3 Å². The quantitative estimate of drug-likeness (QED) is 0.728. The van der Waals surface area contributed by atoms with Crippen molar-refractivity contribution in [2.24, 2.45) is 5.92 Å². The Hall–Kier alpha value is -0.820. The molecule has 0 aliphatic heterocycles. The van der Waals surface area contributed by atoms with Gasteiger partial charge in [0.25, 0.3) is 0 Å². The smallest absolute Gasteiger partial charge is 0.0720 e. The first-order valence-corrected chi connectivity index (χ1v) is 6.00. The van der Waals surface area contributed by atoms with Gasteiger partial charge in [0.2, 0.25) is 0 Å². The third-order valence-electron chi connectivity index (χ3n) is 3.22. The van der Waals surface area contributed by atoms with Gasteiger partial charge in [0.05, 0.1) is 12.7 Å². The lowest BCUT2D eigenvalue weighted by Gasteiger charge is -2.26. The van der Waals surface area contributed by atoms with Gasteiger partial charge < -0.3 is 4.74 Å². The molecule has 1 nitrogen and oxygen atoms in total. The van der Waals surface area contributed by atoms with E-state index in [2.05, 4.69) is 31.2 Å². The van der Waals surface area contributed by atoms with Crippen molar-refractivity contribution in [1.29, 1.82) is 0 Å². The summed E-state index contributed by atoms with van der Waals surface area (Å²) in [6.07, 6.45) is 5.70. The highest BCUT2D eigenvalue weighted by Crippen LogP contribution is 2.26. The lowest BCUT2D eigenvalue weighted by molar-refractivity contribution is 0.00467. The molecule has 1 heteroatoms. The summed E-state index contributed by atoms with van der Waals surface area (Å²) >= 11 is 0. The molecule has 15 heavy (non-hydrogen) atoms. The second-order valence-corrected chi connectivity index (χ2v) is 4.69. The predicted molar refractivity (Wildman–Crippen MR) is 62.7 cm³/mol. The Balaban J connectivity index is 1.78. The molecule has 1 aliphatic rings. The fraction of sp³-hybridized carbons (Fsp3) is 0.571. The molecule has 0 N–H and O–H groups in total. The maximum Gasteiger partial charge on any atom is 0.0720 e. The molecule has 2 unspecified atom stereocenters. The first-order chi connectivity index (χ1) is 7.34. The summed E-state index contributed by atoms with van der Waals surface area (Å²) in [5, 5.41) is 0. The van der Waals surface area contributed by atoms with Crippen LogP contribution in [-0.4, -0.2) is 6.10 Å². The summed E-state index contributed by atoms with van der Waals surface area (Å²) in [5.74, 6) is 0.847. The lowest BCUT2D eigenvalue weighted by atomic mass is 9.89. The van der Waals surface area contributed by atoms with E-state index in [9.17, 15) is 0 Å². The molecule has 0 radical (unpaired) electrons. The Bertz CT molecular complexity index is 281. The molecule has 1 fully saturated rings. The highest BCUT2D eigenvalue weighted by molar-refractivity contribution is 5.13. The van der Waals surface area contributed by atoms with Crippen LogP contribution in [0, 0.1) is 5.92 Å². The predicted octanol–water partition coefficient (Wildman–Crippen LogP) is 3.78. The van der Waals surface area contributed by atoms with Gasteiger partial charge in [-0.05, 0) is 24.3 Å². The SMILES string of the molecule is CC1CCCC(OCc2ccccc2)C1. The van der Waals surface area contributed by atoms with Crippen molar-refractivity contribution in [2.75, 3.05) is 0 Å². The van der Waals surface area contributed by atoms with E-state index in [1.807, 2.05) is 6.07 Å². The number of ether oxygens (including phenoxy) is 1. The summed E-state index contributed by atoms with van der Waals surface area (Å²) in [5.41, 5.74) is 1.29. The number of rotatable bonds is 3. The van der Waals surface area contributed by atoms with Crippen molar-refractivity contribution in [1.82, 2.24) is 0 Å². The summed E-state index contributed by atoms with van der Waals surface area (Å²) in [7, 11) is 0. The second-order valence-electron chi connectivity index (χ2n) is 4.69.